The van der Waals surface area contributed by atoms with Gasteiger partial charge in [0.1, 0.15) is 38.8 Å². The van der Waals surface area contributed by atoms with Crippen molar-refractivity contribution in [3.05, 3.63) is 49.5 Å². The summed E-state index contributed by atoms with van der Waals surface area (Å²) in [6.45, 7) is 15.0. The maximum Gasteiger partial charge on any atom is 0.408 e. The molecule has 246 valence electrons. The molecule has 15 heteroatoms. The van der Waals surface area contributed by atoms with Crippen molar-refractivity contribution in [2.75, 3.05) is 7.11 Å². The Hall–Kier alpha value is -3.85. The van der Waals surface area contributed by atoms with Gasteiger partial charge in [0, 0.05) is 10.8 Å². The van der Waals surface area contributed by atoms with Crippen molar-refractivity contribution in [2.45, 2.75) is 92.5 Å². The quantitative estimate of drug-likeness (QED) is 0.191. The van der Waals surface area contributed by atoms with Crippen molar-refractivity contribution < 1.29 is 33.1 Å². The lowest BCUT2D eigenvalue weighted by Gasteiger charge is -2.22. The third kappa shape index (κ3) is 9.57. The lowest BCUT2D eigenvalue weighted by atomic mass is 9.99. The monoisotopic (exact) mass is 662 g/mol. The van der Waals surface area contributed by atoms with Crippen LogP contribution in [0.15, 0.2) is 15.2 Å². The number of aromatic nitrogens is 3. The summed E-state index contributed by atoms with van der Waals surface area (Å²) in [5, 5.41) is 13.0. The summed E-state index contributed by atoms with van der Waals surface area (Å²) >= 11 is 2.52. The van der Waals surface area contributed by atoms with Gasteiger partial charge < -0.3 is 29.8 Å². The molecule has 4 atom stereocenters. The van der Waals surface area contributed by atoms with Crippen LogP contribution in [0.2, 0.25) is 0 Å². The number of esters is 1. The van der Waals surface area contributed by atoms with Gasteiger partial charge in [-0.1, -0.05) is 40.5 Å². The fourth-order valence-electron chi connectivity index (χ4n) is 4.13. The van der Waals surface area contributed by atoms with Crippen LogP contribution in [0.25, 0.3) is 0 Å². The minimum Gasteiger partial charge on any atom is -0.464 e. The molecule has 0 fully saturated rings. The fourth-order valence-corrected chi connectivity index (χ4v) is 5.82. The minimum atomic E-state index is -0.624. The highest BCUT2D eigenvalue weighted by molar-refractivity contribution is 7.10. The van der Waals surface area contributed by atoms with Gasteiger partial charge in [-0.2, -0.15) is 0 Å². The number of amides is 3. The van der Waals surface area contributed by atoms with E-state index in [1.54, 1.807) is 38.5 Å². The molecule has 3 heterocycles. The second-order valence-corrected chi connectivity index (χ2v) is 13.5. The summed E-state index contributed by atoms with van der Waals surface area (Å²) < 4.78 is 15.8. The second kappa shape index (κ2) is 15.4. The average molecular weight is 663 g/mol. The number of thiazole rings is 2. The third-order valence-corrected chi connectivity index (χ3v) is 8.82. The molecule has 3 aromatic heterocycles. The first-order chi connectivity index (χ1) is 21.2. The van der Waals surface area contributed by atoms with E-state index in [0.29, 0.717) is 22.2 Å². The SMILES string of the molecule is CC[C@H](C)[C@H](NC(=O)c1csc([C@@H](NC(=O)c2csc(CNC(=O)OC(C)(C)C)n2)[C@@H](C)CC)n1)c1nc(C(=O)OC)c(C)o1. The molecule has 0 unspecified atom stereocenters. The molecule has 0 aliphatic rings. The van der Waals surface area contributed by atoms with Crippen molar-refractivity contribution in [1.29, 1.82) is 0 Å². The van der Waals surface area contributed by atoms with E-state index in [2.05, 4.69) is 30.9 Å². The minimum absolute atomic E-state index is 0.00264. The predicted molar refractivity (Wildman–Crippen MR) is 169 cm³/mol. The molecule has 0 saturated carbocycles. The highest BCUT2D eigenvalue weighted by Gasteiger charge is 2.31. The van der Waals surface area contributed by atoms with E-state index in [9.17, 15) is 19.2 Å². The molecule has 0 spiro atoms. The number of oxazole rings is 1. The van der Waals surface area contributed by atoms with Crippen molar-refractivity contribution >= 4 is 46.6 Å². The van der Waals surface area contributed by atoms with E-state index in [1.807, 2.05) is 27.7 Å². The van der Waals surface area contributed by atoms with Gasteiger partial charge in [0.05, 0.1) is 19.7 Å². The number of aryl methyl sites for hydroxylation is 1. The van der Waals surface area contributed by atoms with Gasteiger partial charge in [-0.25, -0.2) is 24.5 Å². The van der Waals surface area contributed by atoms with Crippen LogP contribution >= 0.6 is 22.7 Å². The summed E-state index contributed by atoms with van der Waals surface area (Å²) in [6, 6.07) is -1.08. The lowest BCUT2D eigenvalue weighted by Crippen LogP contribution is -2.34. The summed E-state index contributed by atoms with van der Waals surface area (Å²) in [5.74, 6) is -1.00. The number of nitrogens with one attached hydrogen (secondary N) is 3. The number of hydrogen-bond acceptors (Lipinski definition) is 12. The smallest absolute Gasteiger partial charge is 0.408 e. The third-order valence-electron chi connectivity index (χ3n) is 7.04. The van der Waals surface area contributed by atoms with Crippen LogP contribution in [0.1, 0.15) is 127 Å². The Morgan fingerprint density at radius 3 is 2.09 bits per heavy atom. The number of carbonyl (C=O) groups is 4. The zero-order valence-electron chi connectivity index (χ0n) is 27.1. The highest BCUT2D eigenvalue weighted by Crippen LogP contribution is 2.30. The molecule has 0 aromatic carbocycles. The maximum atomic E-state index is 13.4. The van der Waals surface area contributed by atoms with E-state index in [-0.39, 0.29) is 41.4 Å². The fraction of sp³-hybridized carbons (Fsp3) is 0.567. The molecule has 3 N–H and O–H groups in total. The second-order valence-electron chi connectivity index (χ2n) is 11.7. The number of nitrogens with zero attached hydrogens (tertiary/aromatic N) is 3. The first-order valence-corrected chi connectivity index (χ1v) is 16.5. The molecule has 0 aliphatic heterocycles. The predicted octanol–water partition coefficient (Wildman–Crippen LogP) is 5.74. The molecule has 3 rings (SSSR count). The summed E-state index contributed by atoms with van der Waals surface area (Å²) in [5.41, 5.74) is -0.162. The number of hydrogen-bond donors (Lipinski definition) is 3. The number of alkyl carbamates (subject to hydrolysis) is 1. The molecule has 13 nitrogen and oxygen atoms in total. The van der Waals surface area contributed by atoms with Gasteiger partial charge in [-0.05, 0) is 39.5 Å². The Morgan fingerprint density at radius 1 is 0.911 bits per heavy atom. The Balaban J connectivity index is 1.73. The Morgan fingerprint density at radius 2 is 1.49 bits per heavy atom. The Bertz CT molecular complexity index is 1490. The number of ether oxygens (including phenoxy) is 2. The summed E-state index contributed by atoms with van der Waals surface area (Å²) in [7, 11) is 1.26. The van der Waals surface area contributed by atoms with E-state index >= 15 is 0 Å². The van der Waals surface area contributed by atoms with Gasteiger partial charge >= 0.3 is 12.1 Å². The number of carbonyl (C=O) groups excluding carboxylic acids is 4. The molecule has 3 amide bonds. The van der Waals surface area contributed by atoms with Crippen LogP contribution in [0.5, 0.6) is 0 Å². The van der Waals surface area contributed by atoms with Gasteiger partial charge in [0.2, 0.25) is 5.89 Å². The molecule has 0 bridgehead atoms. The number of rotatable bonds is 13. The normalized spacial score (nSPS) is 14.2. The van der Waals surface area contributed by atoms with Gasteiger partial charge in [0.15, 0.2) is 5.69 Å². The zero-order valence-corrected chi connectivity index (χ0v) is 28.7. The largest absolute Gasteiger partial charge is 0.464 e. The summed E-state index contributed by atoms with van der Waals surface area (Å²) in [6.07, 6.45) is 0.886. The topological polar surface area (TPSA) is 175 Å². The van der Waals surface area contributed by atoms with Crippen LogP contribution in [0.4, 0.5) is 4.79 Å². The summed E-state index contributed by atoms with van der Waals surface area (Å²) in [4.78, 5) is 63.9. The van der Waals surface area contributed by atoms with Crippen LogP contribution in [-0.4, -0.2) is 51.5 Å². The van der Waals surface area contributed by atoms with E-state index < -0.39 is 41.6 Å². The number of methoxy groups -OCH3 is 1. The zero-order chi connectivity index (χ0) is 33.5. The van der Waals surface area contributed by atoms with E-state index in [0.717, 1.165) is 6.42 Å². The molecule has 0 saturated heterocycles. The highest BCUT2D eigenvalue weighted by atomic mass is 32.1. The van der Waals surface area contributed by atoms with Crippen LogP contribution in [0, 0.1) is 18.8 Å². The molecule has 0 radical (unpaired) electrons. The van der Waals surface area contributed by atoms with Crippen molar-refractivity contribution in [2.24, 2.45) is 11.8 Å². The van der Waals surface area contributed by atoms with Crippen molar-refractivity contribution in [3.63, 3.8) is 0 Å². The molecule has 0 aliphatic carbocycles. The Labute approximate surface area is 270 Å². The lowest BCUT2D eigenvalue weighted by molar-refractivity contribution is 0.0522. The van der Waals surface area contributed by atoms with E-state index in [1.165, 1.54) is 29.8 Å². The molecule has 45 heavy (non-hydrogen) atoms. The first kappa shape index (κ1) is 35.6. The van der Waals surface area contributed by atoms with Crippen LogP contribution in [0.3, 0.4) is 0 Å². The maximum absolute atomic E-state index is 13.4. The molecule has 3 aromatic rings. The molecular formula is C30H42N6O7S2. The van der Waals surface area contributed by atoms with Crippen LogP contribution < -0.4 is 16.0 Å². The standard InChI is InChI=1S/C30H42N6O7S2/c1-10-15(3)21(26-36-23(17(5)42-26)28(39)41-9)34-25(38)19-14-45-27(33-19)22(16(4)11-2)35-24(37)18-13-44-20(32-18)12-31-29(40)43-30(6,7)8/h13-16,21-22H,10-12H2,1-9H3,(H,31,40)(H,34,38)(H,35,37)/t15-,16-,21-,22-/m0/s1. The Kier molecular flexibility index (Phi) is 12.2. The van der Waals surface area contributed by atoms with Gasteiger partial charge in [-0.3, -0.25) is 9.59 Å². The molecular weight excluding hydrogens is 620 g/mol. The average Bonchev–Trinajstić information content (AvgIpc) is 3.75. The van der Waals surface area contributed by atoms with Crippen molar-refractivity contribution in [1.82, 2.24) is 30.9 Å². The van der Waals surface area contributed by atoms with E-state index in [4.69, 9.17) is 13.9 Å². The van der Waals surface area contributed by atoms with Crippen molar-refractivity contribution in [3.8, 4) is 0 Å². The van der Waals surface area contributed by atoms with Crippen LogP contribution in [-0.2, 0) is 16.0 Å². The van der Waals surface area contributed by atoms with Gasteiger partial charge in [0.25, 0.3) is 11.8 Å². The van der Waals surface area contributed by atoms with Gasteiger partial charge in [-0.15, -0.1) is 22.7 Å². The first-order valence-electron chi connectivity index (χ1n) is 14.7.